The third-order valence-electron chi connectivity index (χ3n) is 3.69. The molecule has 0 aliphatic carbocycles. The van der Waals surface area contributed by atoms with Gasteiger partial charge in [-0.25, -0.2) is 9.36 Å². The molecule has 10 heteroatoms. The van der Waals surface area contributed by atoms with Gasteiger partial charge >= 0.3 is 0 Å². The van der Waals surface area contributed by atoms with Crippen LogP contribution in [0.3, 0.4) is 0 Å². The zero-order valence-corrected chi connectivity index (χ0v) is 14.9. The van der Waals surface area contributed by atoms with Crippen molar-refractivity contribution >= 4 is 28.7 Å². The molecule has 2 aromatic heterocycles. The Bertz CT molecular complexity index is 968. The SMILES string of the molecule is CN(C)c1ccc(N=Nc2ccnn2C)c(O)c1N=Nc1ccnn1C. The van der Waals surface area contributed by atoms with E-state index in [-0.39, 0.29) is 11.4 Å². The maximum atomic E-state index is 10.6. The Labute approximate surface area is 150 Å². The molecule has 0 saturated carbocycles. The summed E-state index contributed by atoms with van der Waals surface area (Å²) in [6.45, 7) is 0. The van der Waals surface area contributed by atoms with Crippen LogP contribution in [0, 0.1) is 0 Å². The van der Waals surface area contributed by atoms with Crippen molar-refractivity contribution in [1.29, 1.82) is 0 Å². The number of aryl methyl sites for hydroxylation is 2. The van der Waals surface area contributed by atoms with Gasteiger partial charge in [-0.2, -0.15) is 10.2 Å². The lowest BCUT2D eigenvalue weighted by atomic mass is 10.2. The van der Waals surface area contributed by atoms with Gasteiger partial charge in [-0.1, -0.05) is 0 Å². The molecule has 10 nitrogen and oxygen atoms in total. The fourth-order valence-corrected chi connectivity index (χ4v) is 2.23. The summed E-state index contributed by atoms with van der Waals surface area (Å²) in [6.07, 6.45) is 3.25. The van der Waals surface area contributed by atoms with Gasteiger partial charge in [0.25, 0.3) is 0 Å². The van der Waals surface area contributed by atoms with Crippen LogP contribution in [0.5, 0.6) is 5.75 Å². The Hall–Kier alpha value is -3.56. The molecule has 1 N–H and O–H groups in total. The van der Waals surface area contributed by atoms with Gasteiger partial charge in [-0.05, 0) is 12.1 Å². The Kier molecular flexibility index (Phi) is 4.74. The van der Waals surface area contributed by atoms with E-state index in [4.69, 9.17) is 0 Å². The highest BCUT2D eigenvalue weighted by Gasteiger charge is 2.14. The van der Waals surface area contributed by atoms with Crippen LogP contribution >= 0.6 is 0 Å². The van der Waals surface area contributed by atoms with Gasteiger partial charge in [0.2, 0.25) is 0 Å². The van der Waals surface area contributed by atoms with Crippen LogP contribution in [0.25, 0.3) is 0 Å². The number of phenolic OH excluding ortho intramolecular Hbond substituents is 1. The Morgan fingerprint density at radius 3 is 1.92 bits per heavy atom. The molecular weight excluding hydrogens is 334 g/mol. The average molecular weight is 353 g/mol. The quantitative estimate of drug-likeness (QED) is 0.704. The fourth-order valence-electron chi connectivity index (χ4n) is 2.23. The minimum absolute atomic E-state index is 0.104. The van der Waals surface area contributed by atoms with Crippen LogP contribution in [0.1, 0.15) is 0 Å². The third-order valence-corrected chi connectivity index (χ3v) is 3.69. The predicted octanol–water partition coefficient (Wildman–Crippen LogP) is 3.76. The van der Waals surface area contributed by atoms with E-state index >= 15 is 0 Å². The molecule has 0 fully saturated rings. The molecule has 3 aromatic rings. The number of benzene rings is 1. The zero-order valence-electron chi connectivity index (χ0n) is 14.9. The number of phenols is 1. The van der Waals surface area contributed by atoms with E-state index in [0.717, 1.165) is 0 Å². The Morgan fingerprint density at radius 1 is 0.846 bits per heavy atom. The fraction of sp³-hybridized carbons (Fsp3) is 0.250. The van der Waals surface area contributed by atoms with E-state index in [2.05, 4.69) is 30.7 Å². The lowest BCUT2D eigenvalue weighted by Gasteiger charge is -2.16. The van der Waals surface area contributed by atoms with Crippen molar-refractivity contribution in [1.82, 2.24) is 19.6 Å². The predicted molar refractivity (Wildman–Crippen MR) is 97.2 cm³/mol. The summed E-state index contributed by atoms with van der Waals surface area (Å²) < 4.78 is 3.17. The van der Waals surface area contributed by atoms with Crippen molar-refractivity contribution in [3.8, 4) is 5.75 Å². The van der Waals surface area contributed by atoms with Crippen LogP contribution in [0.15, 0.2) is 57.1 Å². The first-order chi connectivity index (χ1) is 12.5. The van der Waals surface area contributed by atoms with Gasteiger partial charge in [0.1, 0.15) is 5.69 Å². The van der Waals surface area contributed by atoms with Crippen LogP contribution in [0.2, 0.25) is 0 Å². The standard InChI is InChI=1S/C16H19N9O/c1-23(2)12-6-5-11(19-20-13-7-9-17-24(13)3)16(26)15(12)22-21-14-8-10-18-25(14)4/h5-10,26H,1-4H3. The van der Waals surface area contributed by atoms with Gasteiger partial charge in [0, 0.05) is 40.3 Å². The molecule has 2 heterocycles. The number of aromatic nitrogens is 4. The van der Waals surface area contributed by atoms with Crippen molar-refractivity contribution in [3.05, 3.63) is 36.7 Å². The second-order valence-electron chi connectivity index (χ2n) is 5.72. The maximum Gasteiger partial charge on any atom is 0.173 e. The molecule has 0 aliphatic rings. The van der Waals surface area contributed by atoms with Crippen molar-refractivity contribution in [2.45, 2.75) is 0 Å². The third kappa shape index (κ3) is 3.43. The van der Waals surface area contributed by atoms with Crippen LogP contribution in [0.4, 0.5) is 28.7 Å². The van der Waals surface area contributed by atoms with E-state index in [1.54, 1.807) is 60.1 Å². The van der Waals surface area contributed by atoms with E-state index in [0.29, 0.717) is 23.0 Å². The summed E-state index contributed by atoms with van der Waals surface area (Å²) in [7, 11) is 7.24. The average Bonchev–Trinajstić information content (AvgIpc) is 3.20. The van der Waals surface area contributed by atoms with Gasteiger partial charge in [0.15, 0.2) is 23.1 Å². The summed E-state index contributed by atoms with van der Waals surface area (Å²) in [6, 6.07) is 6.92. The largest absolute Gasteiger partial charge is 0.504 e. The van der Waals surface area contributed by atoms with Gasteiger partial charge < -0.3 is 10.0 Å². The maximum absolute atomic E-state index is 10.6. The number of hydrogen-bond acceptors (Lipinski definition) is 8. The number of rotatable bonds is 5. The first-order valence-corrected chi connectivity index (χ1v) is 7.80. The summed E-state index contributed by atoms with van der Waals surface area (Å²) in [4.78, 5) is 1.83. The van der Waals surface area contributed by atoms with Crippen LogP contribution in [-0.2, 0) is 14.1 Å². The Balaban J connectivity index is 2.01. The highest BCUT2D eigenvalue weighted by molar-refractivity contribution is 5.79. The molecule has 0 amide bonds. The van der Waals surface area contributed by atoms with Crippen LogP contribution < -0.4 is 4.90 Å². The normalized spacial score (nSPS) is 11.7. The first kappa shape index (κ1) is 17.3. The molecule has 0 aliphatic heterocycles. The molecule has 0 radical (unpaired) electrons. The lowest BCUT2D eigenvalue weighted by molar-refractivity contribution is 0.477. The molecule has 0 saturated heterocycles. The highest BCUT2D eigenvalue weighted by atomic mass is 16.3. The van der Waals surface area contributed by atoms with E-state index in [9.17, 15) is 5.11 Å². The van der Waals surface area contributed by atoms with Crippen LogP contribution in [-0.4, -0.2) is 38.8 Å². The van der Waals surface area contributed by atoms with E-state index in [1.807, 2.05) is 19.0 Å². The first-order valence-electron chi connectivity index (χ1n) is 7.80. The zero-order chi connectivity index (χ0) is 18.7. The second-order valence-corrected chi connectivity index (χ2v) is 5.72. The highest BCUT2D eigenvalue weighted by Crippen LogP contribution is 2.44. The number of hydrogen-bond donors (Lipinski definition) is 1. The van der Waals surface area contributed by atoms with Gasteiger partial charge in [0.05, 0.1) is 18.1 Å². The van der Waals surface area contributed by atoms with Crippen molar-refractivity contribution < 1.29 is 5.11 Å². The summed E-state index contributed by atoms with van der Waals surface area (Å²) in [5, 5.41) is 35.3. The lowest BCUT2D eigenvalue weighted by Crippen LogP contribution is -2.08. The number of anilines is 1. The topological polar surface area (TPSA) is 109 Å². The molecule has 0 unspecified atom stereocenters. The molecule has 26 heavy (non-hydrogen) atoms. The molecule has 3 rings (SSSR count). The summed E-state index contributed by atoms with van der Waals surface area (Å²) in [5.41, 5.74) is 1.29. The van der Waals surface area contributed by atoms with Gasteiger partial charge in [-0.3, -0.25) is 0 Å². The van der Waals surface area contributed by atoms with Crippen molar-refractivity contribution in [2.24, 2.45) is 34.6 Å². The number of nitrogens with zero attached hydrogens (tertiary/aromatic N) is 9. The van der Waals surface area contributed by atoms with Crippen molar-refractivity contribution in [2.75, 3.05) is 19.0 Å². The Morgan fingerprint density at radius 2 is 1.42 bits per heavy atom. The smallest absolute Gasteiger partial charge is 0.173 e. The molecule has 134 valence electrons. The number of aromatic hydroxyl groups is 1. The van der Waals surface area contributed by atoms with E-state index < -0.39 is 0 Å². The molecular formula is C16H19N9O. The molecule has 0 atom stereocenters. The minimum Gasteiger partial charge on any atom is -0.504 e. The minimum atomic E-state index is -0.104. The summed E-state index contributed by atoms with van der Waals surface area (Å²) in [5.74, 6) is 1.03. The summed E-state index contributed by atoms with van der Waals surface area (Å²) >= 11 is 0. The van der Waals surface area contributed by atoms with E-state index in [1.165, 1.54) is 0 Å². The molecule has 1 aromatic carbocycles. The van der Waals surface area contributed by atoms with Gasteiger partial charge in [-0.15, -0.1) is 20.5 Å². The molecule has 0 spiro atoms. The van der Waals surface area contributed by atoms with Crippen molar-refractivity contribution in [3.63, 3.8) is 0 Å². The monoisotopic (exact) mass is 353 g/mol. The number of azo groups is 2. The molecule has 0 bridgehead atoms. The second kappa shape index (κ2) is 7.13.